The van der Waals surface area contributed by atoms with Crippen molar-refractivity contribution in [1.29, 1.82) is 0 Å². The second-order valence-electron chi connectivity index (χ2n) is 10.5. The zero-order chi connectivity index (χ0) is 22.7. The van der Waals surface area contributed by atoms with Gasteiger partial charge in [0.15, 0.2) is 16.6 Å². The van der Waals surface area contributed by atoms with Gasteiger partial charge in [-0.25, -0.2) is 0 Å². The molecule has 0 fully saturated rings. The van der Waals surface area contributed by atoms with Crippen LogP contribution in [0.2, 0.25) is 35.3 Å². The molecule has 0 aromatic carbocycles. The number of hydrogen-bond donors (Lipinski definition) is 0. The highest BCUT2D eigenvalue weighted by molar-refractivity contribution is 6.89. The molecule has 0 aromatic heterocycles. The van der Waals surface area contributed by atoms with E-state index in [9.17, 15) is 0 Å². The van der Waals surface area contributed by atoms with E-state index in [-0.39, 0.29) is 0 Å². The van der Waals surface area contributed by atoms with Gasteiger partial charge in [-0.3, -0.25) is 0 Å². The summed E-state index contributed by atoms with van der Waals surface area (Å²) in [5.41, 5.74) is 5.15. The molecule has 0 spiro atoms. The van der Waals surface area contributed by atoms with Crippen LogP contribution in [0.1, 0.15) is 119 Å². The smallest absolute Gasteiger partial charge is 0.186 e. The first-order valence-corrected chi connectivity index (χ1v) is 18.9. The van der Waals surface area contributed by atoms with Gasteiger partial charge in [-0.1, -0.05) is 90.5 Å². The van der Waals surface area contributed by atoms with Crippen molar-refractivity contribution in [2.45, 2.75) is 154 Å². The molecule has 0 saturated heterocycles. The van der Waals surface area contributed by atoms with Crippen LogP contribution in [0.4, 0.5) is 0 Å². The Morgan fingerprint density at radius 1 is 0.645 bits per heavy atom. The minimum atomic E-state index is -1.86. The molecule has 0 bridgehead atoms. The topological polar surface area (TPSA) is 9.23 Å². The fourth-order valence-corrected chi connectivity index (χ4v) is 22.0. The predicted molar refractivity (Wildman–Crippen MR) is 145 cm³/mol. The van der Waals surface area contributed by atoms with Gasteiger partial charge in [0.2, 0.25) is 0 Å². The van der Waals surface area contributed by atoms with Crippen LogP contribution in [0.3, 0.4) is 0 Å². The normalized spacial score (nSPS) is 19.4. The van der Waals surface area contributed by atoms with Gasteiger partial charge >= 0.3 is 0 Å². The van der Waals surface area contributed by atoms with Crippen LogP contribution >= 0.6 is 0 Å². The minimum absolute atomic E-state index is 0.769. The van der Waals surface area contributed by atoms with Crippen LogP contribution in [0.15, 0.2) is 23.3 Å². The molecular formula is C28H54OSi2. The molecule has 0 heterocycles. The van der Waals surface area contributed by atoms with Gasteiger partial charge in [-0.05, 0) is 86.6 Å². The highest BCUT2D eigenvalue weighted by Crippen LogP contribution is 2.51. The quantitative estimate of drug-likeness (QED) is 0.164. The molecule has 0 aromatic rings. The fraction of sp³-hybridized carbons (Fsp3) is 0.857. The third-order valence-electron chi connectivity index (χ3n) is 8.23. The van der Waals surface area contributed by atoms with Gasteiger partial charge in [-0.15, -0.1) is 0 Å². The van der Waals surface area contributed by atoms with Crippen molar-refractivity contribution in [2.24, 2.45) is 0 Å². The van der Waals surface area contributed by atoms with Gasteiger partial charge in [-0.2, -0.15) is 0 Å². The van der Waals surface area contributed by atoms with Crippen LogP contribution < -0.4 is 0 Å². The maximum absolute atomic E-state index is 8.11. The minimum Gasteiger partial charge on any atom is -0.454 e. The van der Waals surface area contributed by atoms with Crippen molar-refractivity contribution < 1.29 is 4.12 Å². The Bertz CT molecular complexity index is 518. The number of allylic oxidation sites excluding steroid dienone is 4. The summed E-state index contributed by atoms with van der Waals surface area (Å²) >= 11 is 0. The summed E-state index contributed by atoms with van der Waals surface area (Å²) in [4.78, 5) is 0. The van der Waals surface area contributed by atoms with E-state index in [1.807, 2.05) is 0 Å². The summed E-state index contributed by atoms with van der Waals surface area (Å²) in [7, 11) is -3.73. The van der Waals surface area contributed by atoms with Gasteiger partial charge in [0.25, 0.3) is 0 Å². The summed E-state index contributed by atoms with van der Waals surface area (Å²) in [5, 5.41) is 0. The average Bonchev–Trinajstić information content (AvgIpc) is 3.45. The summed E-state index contributed by atoms with van der Waals surface area (Å²) < 4.78 is 8.11. The molecule has 31 heavy (non-hydrogen) atoms. The van der Waals surface area contributed by atoms with Gasteiger partial charge < -0.3 is 4.12 Å². The molecule has 2 aliphatic rings. The van der Waals surface area contributed by atoms with Crippen molar-refractivity contribution in [1.82, 2.24) is 0 Å². The lowest BCUT2D eigenvalue weighted by Gasteiger charge is -2.50. The summed E-state index contributed by atoms with van der Waals surface area (Å²) in [6.07, 6.45) is 21.2. The lowest BCUT2D eigenvalue weighted by atomic mass is 10.1. The van der Waals surface area contributed by atoms with Crippen molar-refractivity contribution >= 4 is 16.6 Å². The second kappa shape index (κ2) is 13.5. The molecule has 1 nitrogen and oxygen atoms in total. The Kier molecular flexibility index (Phi) is 11.9. The van der Waals surface area contributed by atoms with Crippen LogP contribution in [-0.2, 0) is 4.12 Å². The van der Waals surface area contributed by atoms with Crippen molar-refractivity contribution in [2.75, 3.05) is 0 Å². The second-order valence-corrected chi connectivity index (χ2v) is 19.0. The Labute approximate surface area is 197 Å². The van der Waals surface area contributed by atoms with Gasteiger partial charge in [0.05, 0.1) is 0 Å². The van der Waals surface area contributed by atoms with E-state index in [2.05, 4.69) is 53.7 Å². The highest BCUT2D eigenvalue weighted by atomic mass is 28.4. The lowest BCUT2D eigenvalue weighted by molar-refractivity contribution is 0.457. The van der Waals surface area contributed by atoms with E-state index in [0.717, 1.165) is 11.1 Å². The molecule has 0 aliphatic heterocycles. The molecule has 2 aliphatic carbocycles. The van der Waals surface area contributed by atoms with Crippen molar-refractivity contribution in [3.8, 4) is 0 Å². The van der Waals surface area contributed by atoms with Crippen molar-refractivity contribution in [3.05, 3.63) is 23.3 Å². The largest absolute Gasteiger partial charge is 0.454 e. The van der Waals surface area contributed by atoms with E-state index >= 15 is 0 Å². The van der Waals surface area contributed by atoms with E-state index in [4.69, 9.17) is 4.12 Å². The first-order chi connectivity index (χ1) is 15.1. The first kappa shape index (κ1) is 27.1. The zero-order valence-electron chi connectivity index (χ0n) is 22.0. The van der Waals surface area contributed by atoms with Crippen LogP contribution in [0, 0.1) is 0 Å². The van der Waals surface area contributed by atoms with Crippen LogP contribution in [-0.4, -0.2) is 16.6 Å². The molecule has 180 valence electrons. The predicted octanol–water partition coefficient (Wildman–Crippen LogP) is 10.3. The lowest BCUT2D eigenvalue weighted by Crippen LogP contribution is -2.56. The maximum Gasteiger partial charge on any atom is 0.186 e. The van der Waals surface area contributed by atoms with Crippen molar-refractivity contribution in [3.63, 3.8) is 0 Å². The Balaban J connectivity index is 2.56. The standard InChI is InChI=1S/C28H54OSi2/c1-7-21-30(22-8-2,27(11-5)25-17-13-14-18-25)29-31(23-9-3,24-10-4)28(12-6)26-19-15-16-20-26/h17,19,27-28H,7-16,18,20-24H2,1-6H3. The Hall–Kier alpha value is -0.126. The zero-order valence-corrected chi connectivity index (χ0v) is 24.0. The molecule has 2 unspecified atom stereocenters. The summed E-state index contributed by atoms with van der Waals surface area (Å²) in [6.45, 7) is 14.7. The Morgan fingerprint density at radius 3 is 1.23 bits per heavy atom. The molecular weight excluding hydrogens is 408 g/mol. The van der Waals surface area contributed by atoms with E-state index in [0.29, 0.717) is 0 Å². The molecule has 2 rings (SSSR count). The van der Waals surface area contributed by atoms with Gasteiger partial charge in [0.1, 0.15) is 0 Å². The third kappa shape index (κ3) is 6.47. The SMILES string of the molecule is CCC[Si](CCC)(O[Si](CCC)(CCC)C(CC)C1=CCCC1)C(CC)C1=CCCC1. The fourth-order valence-electron chi connectivity index (χ4n) is 7.36. The first-order valence-electron chi connectivity index (χ1n) is 14.1. The average molecular weight is 463 g/mol. The monoisotopic (exact) mass is 462 g/mol. The number of rotatable bonds is 16. The summed E-state index contributed by atoms with van der Waals surface area (Å²) in [5.74, 6) is 0. The van der Waals surface area contributed by atoms with E-state index < -0.39 is 16.6 Å². The molecule has 3 heteroatoms. The number of hydrogen-bond acceptors (Lipinski definition) is 1. The van der Waals surface area contributed by atoms with Crippen LogP contribution in [0.5, 0.6) is 0 Å². The summed E-state index contributed by atoms with van der Waals surface area (Å²) in [6, 6.07) is 5.53. The third-order valence-corrected chi connectivity index (χ3v) is 21.0. The van der Waals surface area contributed by atoms with E-state index in [1.165, 1.54) is 101 Å². The molecule has 2 atom stereocenters. The molecule has 0 N–H and O–H groups in total. The molecule has 0 radical (unpaired) electrons. The van der Waals surface area contributed by atoms with E-state index in [1.54, 1.807) is 11.1 Å². The van der Waals surface area contributed by atoms with Gasteiger partial charge in [0, 0.05) is 0 Å². The highest BCUT2D eigenvalue weighted by Gasteiger charge is 2.52. The Morgan fingerprint density at radius 2 is 1.00 bits per heavy atom. The van der Waals surface area contributed by atoms with Crippen LogP contribution in [0.25, 0.3) is 0 Å². The molecule has 0 saturated carbocycles. The molecule has 0 amide bonds. The maximum atomic E-state index is 8.11.